The molecule has 0 aromatic heterocycles. The van der Waals surface area contributed by atoms with Crippen molar-refractivity contribution < 1.29 is 22.7 Å². The molecule has 0 amide bonds. The van der Waals surface area contributed by atoms with Crippen molar-refractivity contribution in [2.45, 2.75) is 43.4 Å². The number of benzene rings is 1. The largest absolute Gasteiger partial charge is 0.481 e. The number of rotatable bonds is 9. The lowest BCUT2D eigenvalue weighted by Crippen LogP contribution is -2.35. The van der Waals surface area contributed by atoms with Crippen molar-refractivity contribution in [3.63, 3.8) is 0 Å². The van der Waals surface area contributed by atoms with Gasteiger partial charge in [0.15, 0.2) is 0 Å². The Kier molecular flexibility index (Phi) is 6.32. The van der Waals surface area contributed by atoms with Gasteiger partial charge in [-0.15, -0.1) is 0 Å². The molecule has 2 saturated carbocycles. The molecule has 27 heavy (non-hydrogen) atoms. The second-order valence-electron chi connectivity index (χ2n) is 7.57. The number of unbranched alkanes of at least 4 members (excludes halogenated alkanes) is 1. The fourth-order valence-electron chi connectivity index (χ4n) is 4.63. The molecule has 2 aliphatic carbocycles. The van der Waals surface area contributed by atoms with Gasteiger partial charge in [-0.05, 0) is 67.9 Å². The Morgan fingerprint density at radius 1 is 1.26 bits per heavy atom. The Balaban J connectivity index is 1.61. The topological polar surface area (TPSA) is 83.5 Å². The number of hydrogen-bond donors (Lipinski definition) is 2. The predicted molar refractivity (Wildman–Crippen MR) is 100 cm³/mol. The number of fused-ring (bicyclic) bond motifs is 2. The maximum Gasteiger partial charge on any atom is 0.303 e. The molecule has 1 aromatic carbocycles. The van der Waals surface area contributed by atoms with Crippen LogP contribution in [0, 0.1) is 29.5 Å². The summed E-state index contributed by atoms with van der Waals surface area (Å²) in [5.41, 5.74) is 0. The van der Waals surface area contributed by atoms with E-state index in [1.165, 1.54) is 18.2 Å². The van der Waals surface area contributed by atoms with E-state index in [0.717, 1.165) is 25.3 Å². The maximum absolute atomic E-state index is 13.8. The number of carbonyl (C=O) groups is 1. The minimum Gasteiger partial charge on any atom is -0.481 e. The zero-order valence-corrected chi connectivity index (χ0v) is 16.0. The van der Waals surface area contributed by atoms with Gasteiger partial charge in [0, 0.05) is 13.0 Å². The molecule has 148 valence electrons. The van der Waals surface area contributed by atoms with Gasteiger partial charge in [-0.25, -0.2) is 17.5 Å². The molecule has 2 fully saturated rings. The number of halogens is 1. The van der Waals surface area contributed by atoms with Crippen LogP contribution in [0.25, 0.3) is 0 Å². The molecular weight excluding hydrogens is 369 g/mol. The molecular formula is C20H26FNO4S. The van der Waals surface area contributed by atoms with Gasteiger partial charge in [0.25, 0.3) is 0 Å². The Morgan fingerprint density at radius 3 is 2.74 bits per heavy atom. The van der Waals surface area contributed by atoms with Gasteiger partial charge in [-0.1, -0.05) is 24.3 Å². The van der Waals surface area contributed by atoms with Gasteiger partial charge in [-0.3, -0.25) is 4.79 Å². The zero-order valence-electron chi connectivity index (χ0n) is 15.2. The highest BCUT2D eigenvalue weighted by molar-refractivity contribution is 7.89. The first-order valence-electron chi connectivity index (χ1n) is 9.51. The summed E-state index contributed by atoms with van der Waals surface area (Å²) >= 11 is 0. The predicted octanol–water partition coefficient (Wildman–Crippen LogP) is 3.58. The Bertz CT molecular complexity index is 808. The Hall–Kier alpha value is -1.73. The molecule has 2 unspecified atom stereocenters. The van der Waals surface area contributed by atoms with Gasteiger partial charge in [0.1, 0.15) is 10.7 Å². The molecule has 2 N–H and O–H groups in total. The summed E-state index contributed by atoms with van der Waals surface area (Å²) in [6, 6.07) is 5.40. The van der Waals surface area contributed by atoms with E-state index in [2.05, 4.69) is 10.8 Å². The average molecular weight is 395 g/mol. The van der Waals surface area contributed by atoms with Crippen LogP contribution in [0.15, 0.2) is 41.3 Å². The van der Waals surface area contributed by atoms with Crippen LogP contribution >= 0.6 is 0 Å². The SMILES string of the molecule is O=C(O)CCC/C=C\[C@H]1C2CCC(C2)[C@@H]1CNS(=O)(=O)c1ccccc1F. The van der Waals surface area contributed by atoms with Crippen molar-refractivity contribution in [1.82, 2.24) is 4.72 Å². The molecule has 0 radical (unpaired) electrons. The van der Waals surface area contributed by atoms with E-state index in [4.69, 9.17) is 5.11 Å². The van der Waals surface area contributed by atoms with Crippen molar-refractivity contribution in [2.24, 2.45) is 23.7 Å². The van der Waals surface area contributed by atoms with Crippen molar-refractivity contribution in [2.75, 3.05) is 6.54 Å². The highest BCUT2D eigenvalue weighted by Crippen LogP contribution is 2.52. The van der Waals surface area contributed by atoms with Crippen molar-refractivity contribution in [3.05, 3.63) is 42.2 Å². The summed E-state index contributed by atoms with van der Waals surface area (Å²) < 4.78 is 41.4. The molecule has 3 rings (SSSR count). The smallest absolute Gasteiger partial charge is 0.303 e. The number of carboxylic acid groups (broad SMARTS) is 1. The summed E-state index contributed by atoms with van der Waals surface area (Å²) in [4.78, 5) is 10.3. The Morgan fingerprint density at radius 2 is 2.00 bits per heavy atom. The van der Waals surface area contributed by atoms with E-state index < -0.39 is 21.8 Å². The number of carboxylic acids is 1. The summed E-state index contributed by atoms with van der Waals surface area (Å²) in [5, 5.41) is 8.70. The van der Waals surface area contributed by atoms with Crippen LogP contribution in [-0.2, 0) is 14.8 Å². The third-order valence-electron chi connectivity index (χ3n) is 5.91. The van der Waals surface area contributed by atoms with E-state index in [-0.39, 0.29) is 17.2 Å². The zero-order chi connectivity index (χ0) is 19.4. The third kappa shape index (κ3) is 4.76. The molecule has 5 nitrogen and oxygen atoms in total. The lowest BCUT2D eigenvalue weighted by Gasteiger charge is -2.29. The van der Waals surface area contributed by atoms with Crippen LogP contribution in [0.3, 0.4) is 0 Å². The van der Waals surface area contributed by atoms with Crippen molar-refractivity contribution >= 4 is 16.0 Å². The molecule has 0 aliphatic heterocycles. The first-order valence-corrected chi connectivity index (χ1v) is 11.0. The monoisotopic (exact) mass is 395 g/mol. The van der Waals surface area contributed by atoms with E-state index in [1.807, 2.05) is 6.08 Å². The third-order valence-corrected chi connectivity index (χ3v) is 7.37. The Labute approximate surface area is 159 Å². The van der Waals surface area contributed by atoms with Crippen LogP contribution in [-0.4, -0.2) is 26.0 Å². The standard InChI is InChI=1S/C20H26FNO4S/c21-18-7-4-5-8-19(18)27(25,26)22-13-17-15-11-10-14(12-15)16(17)6-2-1-3-9-20(23)24/h2,4-8,14-17,22H,1,3,9-13H2,(H,23,24)/b6-2-/t14?,15?,16-,17-/m0/s1. The molecule has 1 aromatic rings. The second kappa shape index (κ2) is 8.52. The lowest BCUT2D eigenvalue weighted by atomic mass is 9.79. The first kappa shape index (κ1) is 20.0. The molecule has 2 bridgehead atoms. The van der Waals surface area contributed by atoms with Crippen molar-refractivity contribution in [3.8, 4) is 0 Å². The quantitative estimate of drug-likeness (QED) is 0.494. The second-order valence-corrected chi connectivity index (χ2v) is 9.31. The summed E-state index contributed by atoms with van der Waals surface area (Å²) in [6.07, 6.45) is 9.04. The number of allylic oxidation sites excluding steroid dienone is 2. The van der Waals surface area contributed by atoms with Gasteiger partial charge < -0.3 is 5.11 Å². The fourth-order valence-corrected chi connectivity index (χ4v) is 5.78. The minimum atomic E-state index is -3.87. The van der Waals surface area contributed by atoms with Gasteiger partial charge in [0.05, 0.1) is 0 Å². The summed E-state index contributed by atoms with van der Waals surface area (Å²) in [6.45, 7) is 0.308. The highest BCUT2D eigenvalue weighted by atomic mass is 32.2. The minimum absolute atomic E-state index is 0.160. The van der Waals surface area contributed by atoms with Crippen LogP contribution in [0.5, 0.6) is 0 Å². The molecule has 7 heteroatoms. The van der Waals surface area contributed by atoms with Crippen LogP contribution in [0.4, 0.5) is 4.39 Å². The van der Waals surface area contributed by atoms with Gasteiger partial charge in [-0.2, -0.15) is 0 Å². The van der Waals surface area contributed by atoms with Crippen LogP contribution < -0.4 is 4.72 Å². The number of aliphatic carboxylic acids is 1. The summed E-state index contributed by atoms with van der Waals surface area (Å²) in [7, 11) is -3.87. The molecule has 0 spiro atoms. The highest BCUT2D eigenvalue weighted by Gasteiger charge is 2.46. The number of sulfonamides is 1. The van der Waals surface area contributed by atoms with E-state index in [9.17, 15) is 17.6 Å². The first-order chi connectivity index (χ1) is 12.9. The van der Waals surface area contributed by atoms with E-state index in [1.54, 1.807) is 0 Å². The number of nitrogens with one attached hydrogen (secondary N) is 1. The molecule has 0 heterocycles. The van der Waals surface area contributed by atoms with Crippen LogP contribution in [0.2, 0.25) is 0 Å². The van der Waals surface area contributed by atoms with Crippen LogP contribution in [0.1, 0.15) is 38.5 Å². The molecule has 4 atom stereocenters. The van der Waals surface area contributed by atoms with E-state index >= 15 is 0 Å². The fraction of sp³-hybridized carbons (Fsp3) is 0.550. The van der Waals surface area contributed by atoms with E-state index in [0.29, 0.717) is 37.1 Å². The maximum atomic E-state index is 13.8. The van der Waals surface area contributed by atoms with Gasteiger partial charge >= 0.3 is 5.97 Å². The van der Waals surface area contributed by atoms with Crippen molar-refractivity contribution in [1.29, 1.82) is 0 Å². The number of hydrogen-bond acceptors (Lipinski definition) is 3. The average Bonchev–Trinajstić information content (AvgIpc) is 3.21. The summed E-state index contributed by atoms with van der Waals surface area (Å²) in [5.74, 6) is 0.0372. The lowest BCUT2D eigenvalue weighted by molar-refractivity contribution is -0.137. The normalized spacial score (nSPS) is 27.4. The molecule has 2 aliphatic rings. The molecule has 0 saturated heterocycles. The van der Waals surface area contributed by atoms with Gasteiger partial charge in [0.2, 0.25) is 10.0 Å².